The van der Waals surface area contributed by atoms with Crippen molar-refractivity contribution in [2.45, 2.75) is 32.4 Å². The van der Waals surface area contributed by atoms with Crippen molar-refractivity contribution in [3.63, 3.8) is 0 Å². The SMILES string of the molecule is CCNC1CCN(Cc2cccc(OC)n2)CC1. The first-order chi connectivity index (χ1) is 8.81. The molecule has 1 aromatic heterocycles. The summed E-state index contributed by atoms with van der Waals surface area (Å²) in [6, 6.07) is 6.66. The molecular formula is C14H23N3O. The summed E-state index contributed by atoms with van der Waals surface area (Å²) >= 11 is 0. The molecule has 1 aliphatic heterocycles. The second kappa shape index (κ2) is 6.71. The van der Waals surface area contributed by atoms with Crippen LogP contribution in [0.25, 0.3) is 0 Å². The summed E-state index contributed by atoms with van der Waals surface area (Å²) < 4.78 is 5.15. The van der Waals surface area contributed by atoms with E-state index in [0.29, 0.717) is 11.9 Å². The summed E-state index contributed by atoms with van der Waals surface area (Å²) in [4.78, 5) is 6.93. The summed E-state index contributed by atoms with van der Waals surface area (Å²) in [7, 11) is 1.66. The average molecular weight is 249 g/mol. The molecule has 0 saturated carbocycles. The van der Waals surface area contributed by atoms with E-state index >= 15 is 0 Å². The zero-order chi connectivity index (χ0) is 12.8. The highest BCUT2D eigenvalue weighted by atomic mass is 16.5. The molecule has 0 aliphatic carbocycles. The number of likely N-dealkylation sites (tertiary alicyclic amines) is 1. The van der Waals surface area contributed by atoms with Gasteiger partial charge in [0.2, 0.25) is 5.88 Å². The number of methoxy groups -OCH3 is 1. The summed E-state index contributed by atoms with van der Waals surface area (Å²) in [5.74, 6) is 0.704. The van der Waals surface area contributed by atoms with E-state index in [-0.39, 0.29) is 0 Å². The minimum Gasteiger partial charge on any atom is -0.481 e. The molecule has 4 heteroatoms. The van der Waals surface area contributed by atoms with Gasteiger partial charge in [0.1, 0.15) is 0 Å². The Bertz CT molecular complexity index is 362. The van der Waals surface area contributed by atoms with Crippen molar-refractivity contribution in [2.75, 3.05) is 26.7 Å². The Kier molecular flexibility index (Phi) is 4.96. The lowest BCUT2D eigenvalue weighted by molar-refractivity contribution is 0.189. The number of rotatable bonds is 5. The third kappa shape index (κ3) is 3.68. The lowest BCUT2D eigenvalue weighted by atomic mass is 10.0. The van der Waals surface area contributed by atoms with Crippen LogP contribution >= 0.6 is 0 Å². The molecule has 1 saturated heterocycles. The minimum atomic E-state index is 0.699. The third-order valence-corrected chi connectivity index (χ3v) is 3.46. The van der Waals surface area contributed by atoms with Gasteiger partial charge >= 0.3 is 0 Å². The lowest BCUT2D eigenvalue weighted by Crippen LogP contribution is -2.42. The van der Waals surface area contributed by atoms with Crippen molar-refractivity contribution in [3.8, 4) is 5.88 Å². The van der Waals surface area contributed by atoms with Crippen LogP contribution in [-0.4, -0.2) is 42.7 Å². The van der Waals surface area contributed by atoms with E-state index in [1.54, 1.807) is 7.11 Å². The van der Waals surface area contributed by atoms with Gasteiger partial charge in [-0.15, -0.1) is 0 Å². The number of hydrogen-bond donors (Lipinski definition) is 1. The lowest BCUT2D eigenvalue weighted by Gasteiger charge is -2.32. The molecule has 0 aromatic carbocycles. The molecule has 100 valence electrons. The number of ether oxygens (including phenoxy) is 1. The highest BCUT2D eigenvalue weighted by Gasteiger charge is 2.18. The Morgan fingerprint density at radius 2 is 2.17 bits per heavy atom. The van der Waals surface area contributed by atoms with Crippen molar-refractivity contribution in [1.29, 1.82) is 0 Å². The van der Waals surface area contributed by atoms with Gasteiger partial charge in [-0.25, -0.2) is 4.98 Å². The smallest absolute Gasteiger partial charge is 0.213 e. The Morgan fingerprint density at radius 3 is 2.83 bits per heavy atom. The maximum atomic E-state index is 5.15. The summed E-state index contributed by atoms with van der Waals surface area (Å²) in [6.07, 6.45) is 2.47. The highest BCUT2D eigenvalue weighted by Crippen LogP contribution is 2.14. The van der Waals surface area contributed by atoms with Gasteiger partial charge < -0.3 is 10.1 Å². The molecule has 1 aliphatic rings. The Morgan fingerprint density at radius 1 is 1.39 bits per heavy atom. The number of nitrogens with one attached hydrogen (secondary N) is 1. The highest BCUT2D eigenvalue weighted by molar-refractivity contribution is 5.15. The van der Waals surface area contributed by atoms with Gasteiger partial charge in [-0.05, 0) is 25.5 Å². The van der Waals surface area contributed by atoms with E-state index in [1.165, 1.54) is 12.8 Å². The average Bonchev–Trinajstić information content (AvgIpc) is 2.42. The van der Waals surface area contributed by atoms with E-state index in [2.05, 4.69) is 28.2 Å². The Balaban J connectivity index is 1.83. The van der Waals surface area contributed by atoms with Gasteiger partial charge in [0.25, 0.3) is 0 Å². The maximum absolute atomic E-state index is 5.15. The van der Waals surface area contributed by atoms with Crippen molar-refractivity contribution in [1.82, 2.24) is 15.2 Å². The van der Waals surface area contributed by atoms with Crippen LogP contribution in [0.1, 0.15) is 25.5 Å². The van der Waals surface area contributed by atoms with E-state index in [0.717, 1.165) is 31.9 Å². The quantitative estimate of drug-likeness (QED) is 0.861. The summed E-state index contributed by atoms with van der Waals surface area (Å²) in [5, 5.41) is 3.52. The van der Waals surface area contributed by atoms with Crippen LogP contribution in [0.4, 0.5) is 0 Å². The monoisotopic (exact) mass is 249 g/mol. The normalized spacial score (nSPS) is 17.9. The zero-order valence-electron chi connectivity index (χ0n) is 11.4. The van der Waals surface area contributed by atoms with Gasteiger partial charge in [0, 0.05) is 31.7 Å². The predicted molar refractivity (Wildman–Crippen MR) is 72.8 cm³/mol. The number of nitrogens with zero attached hydrogens (tertiary/aromatic N) is 2. The van der Waals surface area contributed by atoms with E-state index in [4.69, 9.17) is 4.74 Å². The van der Waals surface area contributed by atoms with Crippen LogP contribution in [0.5, 0.6) is 5.88 Å². The molecule has 0 bridgehead atoms. The third-order valence-electron chi connectivity index (χ3n) is 3.46. The fraction of sp³-hybridized carbons (Fsp3) is 0.643. The number of hydrogen-bond acceptors (Lipinski definition) is 4. The van der Waals surface area contributed by atoms with Crippen molar-refractivity contribution >= 4 is 0 Å². The fourth-order valence-electron chi connectivity index (χ4n) is 2.47. The molecule has 0 amide bonds. The molecule has 0 spiro atoms. The molecule has 2 heterocycles. The molecule has 2 rings (SSSR count). The number of piperidine rings is 1. The van der Waals surface area contributed by atoms with Gasteiger partial charge in [-0.3, -0.25) is 4.90 Å². The topological polar surface area (TPSA) is 37.4 Å². The molecular weight excluding hydrogens is 226 g/mol. The van der Waals surface area contributed by atoms with Gasteiger partial charge in [0.15, 0.2) is 0 Å². The predicted octanol–water partition coefficient (Wildman–Crippen LogP) is 1.66. The molecule has 4 nitrogen and oxygen atoms in total. The number of pyridine rings is 1. The van der Waals surface area contributed by atoms with Crippen molar-refractivity contribution in [3.05, 3.63) is 23.9 Å². The first-order valence-corrected chi connectivity index (χ1v) is 6.77. The Labute approximate surface area is 109 Å². The number of aromatic nitrogens is 1. The summed E-state index contributed by atoms with van der Waals surface area (Å²) in [6.45, 7) is 6.47. The molecule has 1 N–H and O–H groups in total. The van der Waals surface area contributed by atoms with Crippen LogP contribution in [0, 0.1) is 0 Å². The van der Waals surface area contributed by atoms with Gasteiger partial charge in [0.05, 0.1) is 12.8 Å². The van der Waals surface area contributed by atoms with Crippen molar-refractivity contribution in [2.24, 2.45) is 0 Å². The van der Waals surface area contributed by atoms with Crippen LogP contribution in [0.15, 0.2) is 18.2 Å². The summed E-state index contributed by atoms with van der Waals surface area (Å²) in [5.41, 5.74) is 1.09. The second-order valence-electron chi connectivity index (χ2n) is 4.78. The fourth-order valence-corrected chi connectivity index (χ4v) is 2.47. The molecule has 1 aromatic rings. The molecule has 0 radical (unpaired) electrons. The first kappa shape index (κ1) is 13.3. The standard InChI is InChI=1S/C14H23N3O/c1-3-15-12-7-9-17(10-8-12)11-13-5-4-6-14(16-13)18-2/h4-6,12,15H,3,7-11H2,1-2H3. The molecule has 0 atom stereocenters. The van der Waals surface area contributed by atoms with Gasteiger partial charge in [-0.2, -0.15) is 0 Å². The van der Waals surface area contributed by atoms with Crippen LogP contribution in [0.3, 0.4) is 0 Å². The zero-order valence-corrected chi connectivity index (χ0v) is 11.4. The molecule has 1 fully saturated rings. The Hall–Kier alpha value is -1.13. The van der Waals surface area contributed by atoms with E-state index < -0.39 is 0 Å². The molecule has 18 heavy (non-hydrogen) atoms. The van der Waals surface area contributed by atoms with E-state index in [1.807, 2.05) is 12.1 Å². The minimum absolute atomic E-state index is 0.699. The van der Waals surface area contributed by atoms with Gasteiger partial charge in [-0.1, -0.05) is 13.0 Å². The van der Waals surface area contributed by atoms with Crippen molar-refractivity contribution < 1.29 is 4.74 Å². The first-order valence-electron chi connectivity index (χ1n) is 6.77. The van der Waals surface area contributed by atoms with Crippen LogP contribution < -0.4 is 10.1 Å². The van der Waals surface area contributed by atoms with Crippen LogP contribution in [-0.2, 0) is 6.54 Å². The second-order valence-corrected chi connectivity index (χ2v) is 4.78. The van der Waals surface area contributed by atoms with Crippen LogP contribution in [0.2, 0.25) is 0 Å². The maximum Gasteiger partial charge on any atom is 0.213 e. The molecule has 0 unspecified atom stereocenters. The largest absolute Gasteiger partial charge is 0.481 e. The van der Waals surface area contributed by atoms with E-state index in [9.17, 15) is 0 Å².